The van der Waals surface area contributed by atoms with E-state index in [2.05, 4.69) is 29.6 Å². The number of carboxylic acid groups (broad SMARTS) is 1. The molecule has 2 N–H and O–H groups in total. The molecule has 0 heterocycles. The minimum absolute atomic E-state index is 0.00608. The molecule has 1 aliphatic carbocycles. The van der Waals surface area contributed by atoms with Crippen LogP contribution in [0.5, 0.6) is 0 Å². The van der Waals surface area contributed by atoms with Gasteiger partial charge in [0.1, 0.15) is 6.61 Å². The SMILES string of the molecule is CCCN(CCC(=O)O)C(=O)CCCNC(=O)OCC1c2ccccc2-c2ccccc21. The number of alkyl carbamates (subject to hydrolysis) is 1. The van der Waals surface area contributed by atoms with Crippen molar-refractivity contribution in [3.05, 3.63) is 59.7 Å². The number of hydrogen-bond donors (Lipinski definition) is 2. The second-order valence-electron chi connectivity index (χ2n) is 7.88. The van der Waals surface area contributed by atoms with Crippen molar-refractivity contribution in [1.29, 1.82) is 0 Å². The fraction of sp³-hybridized carbons (Fsp3) is 0.400. The minimum Gasteiger partial charge on any atom is -0.481 e. The molecular formula is C25H30N2O5. The smallest absolute Gasteiger partial charge is 0.407 e. The van der Waals surface area contributed by atoms with Crippen molar-refractivity contribution in [2.45, 2.75) is 38.5 Å². The van der Waals surface area contributed by atoms with E-state index in [1.807, 2.05) is 31.2 Å². The molecule has 7 nitrogen and oxygen atoms in total. The maximum atomic E-state index is 12.3. The van der Waals surface area contributed by atoms with E-state index in [4.69, 9.17) is 9.84 Å². The fourth-order valence-corrected chi connectivity index (χ4v) is 4.10. The molecule has 0 unspecified atom stereocenters. The van der Waals surface area contributed by atoms with E-state index >= 15 is 0 Å². The van der Waals surface area contributed by atoms with Crippen LogP contribution in [0, 0.1) is 0 Å². The molecule has 1 aliphatic rings. The summed E-state index contributed by atoms with van der Waals surface area (Å²) in [7, 11) is 0. The molecule has 0 atom stereocenters. The Bertz CT molecular complexity index is 913. The lowest BCUT2D eigenvalue weighted by Crippen LogP contribution is -2.34. The minimum atomic E-state index is -0.921. The Morgan fingerprint density at radius 1 is 0.969 bits per heavy atom. The van der Waals surface area contributed by atoms with Crippen LogP contribution in [-0.4, -0.2) is 54.2 Å². The number of benzene rings is 2. The van der Waals surface area contributed by atoms with Crippen LogP contribution in [-0.2, 0) is 14.3 Å². The highest BCUT2D eigenvalue weighted by molar-refractivity contribution is 5.79. The standard InChI is InChI=1S/C25H30N2O5/c1-2-15-27(16-13-24(29)30)23(28)12-7-14-26-25(31)32-17-22-20-10-5-3-8-18(20)19-9-4-6-11-21(19)22/h3-6,8-11,22H,2,7,12-17H2,1H3,(H,26,31)(H,29,30). The summed E-state index contributed by atoms with van der Waals surface area (Å²) in [6, 6.07) is 16.3. The molecule has 0 aliphatic heterocycles. The molecule has 2 aromatic rings. The first-order chi connectivity index (χ1) is 15.5. The lowest BCUT2D eigenvalue weighted by Gasteiger charge is -2.21. The predicted octanol–water partition coefficient (Wildman–Crippen LogP) is 4.02. The van der Waals surface area contributed by atoms with Gasteiger partial charge in [0, 0.05) is 32.0 Å². The van der Waals surface area contributed by atoms with Crippen molar-refractivity contribution >= 4 is 18.0 Å². The van der Waals surface area contributed by atoms with Crippen LogP contribution in [0.1, 0.15) is 49.7 Å². The Balaban J connectivity index is 1.43. The van der Waals surface area contributed by atoms with Crippen molar-refractivity contribution in [2.75, 3.05) is 26.2 Å². The van der Waals surface area contributed by atoms with Crippen molar-refractivity contribution in [3.8, 4) is 11.1 Å². The number of carbonyl (C=O) groups excluding carboxylic acids is 2. The van der Waals surface area contributed by atoms with Gasteiger partial charge in [0.15, 0.2) is 0 Å². The molecule has 0 saturated carbocycles. The molecule has 0 bridgehead atoms. The first-order valence-electron chi connectivity index (χ1n) is 11.1. The number of aliphatic carboxylic acids is 1. The molecule has 0 fully saturated rings. The van der Waals surface area contributed by atoms with Gasteiger partial charge in [-0.1, -0.05) is 55.5 Å². The van der Waals surface area contributed by atoms with E-state index in [0.29, 0.717) is 19.5 Å². The lowest BCUT2D eigenvalue weighted by atomic mass is 9.98. The largest absolute Gasteiger partial charge is 0.481 e. The zero-order valence-corrected chi connectivity index (χ0v) is 18.4. The summed E-state index contributed by atoms with van der Waals surface area (Å²) in [5.74, 6) is -1.01. The number of amides is 2. The maximum absolute atomic E-state index is 12.3. The highest BCUT2D eigenvalue weighted by Gasteiger charge is 2.28. The van der Waals surface area contributed by atoms with Gasteiger partial charge in [0.25, 0.3) is 0 Å². The fourth-order valence-electron chi connectivity index (χ4n) is 4.10. The number of carbonyl (C=O) groups is 3. The van der Waals surface area contributed by atoms with E-state index in [0.717, 1.165) is 17.5 Å². The zero-order chi connectivity index (χ0) is 22.9. The maximum Gasteiger partial charge on any atom is 0.407 e. The number of ether oxygens (including phenoxy) is 1. The molecule has 32 heavy (non-hydrogen) atoms. The number of nitrogens with zero attached hydrogens (tertiary/aromatic N) is 1. The molecule has 2 aromatic carbocycles. The van der Waals surface area contributed by atoms with Gasteiger partial charge in [0.05, 0.1) is 6.42 Å². The van der Waals surface area contributed by atoms with E-state index in [9.17, 15) is 14.4 Å². The molecule has 0 saturated heterocycles. The Kier molecular flexibility index (Phi) is 8.25. The third kappa shape index (κ3) is 5.87. The van der Waals surface area contributed by atoms with Gasteiger partial charge in [-0.15, -0.1) is 0 Å². The van der Waals surface area contributed by atoms with Gasteiger partial charge in [-0.25, -0.2) is 4.79 Å². The van der Waals surface area contributed by atoms with Crippen molar-refractivity contribution in [3.63, 3.8) is 0 Å². The van der Waals surface area contributed by atoms with Crippen molar-refractivity contribution < 1.29 is 24.2 Å². The molecule has 0 spiro atoms. The first-order valence-corrected chi connectivity index (χ1v) is 11.1. The van der Waals surface area contributed by atoms with Crippen LogP contribution in [0.15, 0.2) is 48.5 Å². The van der Waals surface area contributed by atoms with Gasteiger partial charge < -0.3 is 20.1 Å². The number of rotatable bonds is 11. The molecule has 0 aromatic heterocycles. The average molecular weight is 439 g/mol. The average Bonchev–Trinajstić information content (AvgIpc) is 3.11. The van der Waals surface area contributed by atoms with Gasteiger partial charge in [-0.3, -0.25) is 9.59 Å². The number of fused-ring (bicyclic) bond motifs is 3. The van der Waals surface area contributed by atoms with Crippen molar-refractivity contribution in [1.82, 2.24) is 10.2 Å². The van der Waals surface area contributed by atoms with Crippen LogP contribution >= 0.6 is 0 Å². The summed E-state index contributed by atoms with van der Waals surface area (Å²) in [5, 5.41) is 11.5. The van der Waals surface area contributed by atoms with Crippen LogP contribution in [0.2, 0.25) is 0 Å². The quantitative estimate of drug-likeness (QED) is 0.517. The van der Waals surface area contributed by atoms with Gasteiger partial charge in [-0.2, -0.15) is 0 Å². The number of carboxylic acids is 1. The first kappa shape index (κ1) is 23.3. The zero-order valence-electron chi connectivity index (χ0n) is 18.4. The second-order valence-corrected chi connectivity index (χ2v) is 7.88. The number of hydrogen-bond acceptors (Lipinski definition) is 4. The van der Waals surface area contributed by atoms with Crippen LogP contribution in [0.25, 0.3) is 11.1 Å². The van der Waals surface area contributed by atoms with E-state index in [-0.39, 0.29) is 37.8 Å². The summed E-state index contributed by atoms with van der Waals surface area (Å²) < 4.78 is 5.49. The highest BCUT2D eigenvalue weighted by atomic mass is 16.5. The summed E-state index contributed by atoms with van der Waals surface area (Å²) in [5.41, 5.74) is 4.67. The third-order valence-corrected chi connectivity index (χ3v) is 5.62. The topological polar surface area (TPSA) is 95.9 Å². The molecular weight excluding hydrogens is 408 g/mol. The van der Waals surface area contributed by atoms with E-state index < -0.39 is 12.1 Å². The molecule has 2 amide bonds. The number of nitrogens with one attached hydrogen (secondary N) is 1. The van der Waals surface area contributed by atoms with Gasteiger partial charge >= 0.3 is 12.1 Å². The van der Waals surface area contributed by atoms with Crippen LogP contribution < -0.4 is 5.32 Å². The Labute approximate surface area is 188 Å². The van der Waals surface area contributed by atoms with Crippen molar-refractivity contribution in [2.24, 2.45) is 0 Å². The summed E-state index contributed by atoms with van der Waals surface area (Å²) >= 11 is 0. The lowest BCUT2D eigenvalue weighted by molar-refractivity contribution is -0.138. The Morgan fingerprint density at radius 2 is 1.59 bits per heavy atom. The monoisotopic (exact) mass is 438 g/mol. The normalized spacial score (nSPS) is 12.0. The molecule has 170 valence electrons. The van der Waals surface area contributed by atoms with E-state index in [1.54, 1.807) is 4.90 Å². The molecule has 0 radical (unpaired) electrons. The summed E-state index contributed by atoms with van der Waals surface area (Å²) in [4.78, 5) is 36.8. The predicted molar refractivity (Wildman–Crippen MR) is 121 cm³/mol. The second kappa shape index (κ2) is 11.3. The van der Waals surface area contributed by atoms with E-state index in [1.165, 1.54) is 11.1 Å². The van der Waals surface area contributed by atoms with Gasteiger partial charge in [0.2, 0.25) is 5.91 Å². The Morgan fingerprint density at radius 3 is 2.19 bits per heavy atom. The molecule has 7 heteroatoms. The van der Waals surface area contributed by atoms with Crippen LogP contribution in [0.3, 0.4) is 0 Å². The molecule has 3 rings (SSSR count). The van der Waals surface area contributed by atoms with Crippen LogP contribution in [0.4, 0.5) is 4.79 Å². The summed E-state index contributed by atoms with van der Waals surface area (Å²) in [6.07, 6.45) is 0.919. The Hall–Kier alpha value is -3.35. The highest BCUT2D eigenvalue weighted by Crippen LogP contribution is 2.44. The van der Waals surface area contributed by atoms with Gasteiger partial charge in [-0.05, 0) is 35.1 Å². The third-order valence-electron chi connectivity index (χ3n) is 5.62. The summed E-state index contributed by atoms with van der Waals surface area (Å²) in [6.45, 7) is 3.26.